The van der Waals surface area contributed by atoms with Gasteiger partial charge in [-0.05, 0) is 43.5 Å². The molecule has 0 bridgehead atoms. The molecule has 7 heteroatoms. The van der Waals surface area contributed by atoms with Crippen LogP contribution in [0.2, 0.25) is 0 Å². The fourth-order valence-electron chi connectivity index (χ4n) is 1.74. The maximum atomic E-state index is 11.5. The van der Waals surface area contributed by atoms with Gasteiger partial charge in [0.2, 0.25) is 0 Å². The van der Waals surface area contributed by atoms with Crippen LogP contribution in [0.4, 0.5) is 0 Å². The van der Waals surface area contributed by atoms with Crippen molar-refractivity contribution in [3.63, 3.8) is 0 Å². The molecule has 22 heavy (non-hydrogen) atoms. The molecule has 1 aromatic carbocycles. The number of nitrogens with zero attached hydrogens (tertiary/aromatic N) is 1. The van der Waals surface area contributed by atoms with Crippen LogP contribution in [0.3, 0.4) is 0 Å². The van der Waals surface area contributed by atoms with Crippen LogP contribution < -0.4 is 20.2 Å². The van der Waals surface area contributed by atoms with Gasteiger partial charge in [-0.25, -0.2) is 5.43 Å². The maximum absolute atomic E-state index is 11.5. The van der Waals surface area contributed by atoms with E-state index in [0.29, 0.717) is 23.7 Å². The van der Waals surface area contributed by atoms with Crippen molar-refractivity contribution in [1.82, 2.24) is 10.7 Å². The van der Waals surface area contributed by atoms with E-state index in [0.717, 1.165) is 12.8 Å². The zero-order chi connectivity index (χ0) is 15.9. The molecule has 2 N–H and O–H groups in total. The average molecular weight is 305 g/mol. The Kier molecular flexibility index (Phi) is 5.35. The summed E-state index contributed by atoms with van der Waals surface area (Å²) in [6, 6.07) is 5.38. The summed E-state index contributed by atoms with van der Waals surface area (Å²) in [5.74, 6) is -0.232. The first kappa shape index (κ1) is 15.8. The summed E-state index contributed by atoms with van der Waals surface area (Å²) in [5, 5.41) is 6.35. The largest absolute Gasteiger partial charge is 0.493 e. The van der Waals surface area contributed by atoms with E-state index in [2.05, 4.69) is 15.8 Å². The third kappa shape index (κ3) is 4.47. The van der Waals surface area contributed by atoms with Crippen molar-refractivity contribution in [2.45, 2.75) is 25.8 Å². The number of carbonyl (C=O) groups is 2. The van der Waals surface area contributed by atoms with Gasteiger partial charge in [-0.2, -0.15) is 5.10 Å². The summed E-state index contributed by atoms with van der Waals surface area (Å²) in [6.07, 6.45) is 3.28. The van der Waals surface area contributed by atoms with Gasteiger partial charge in [-0.15, -0.1) is 0 Å². The van der Waals surface area contributed by atoms with Gasteiger partial charge in [-0.3, -0.25) is 9.59 Å². The lowest BCUT2D eigenvalue weighted by molar-refractivity contribution is -0.139. The first-order valence-electron chi connectivity index (χ1n) is 7.08. The molecule has 1 aliphatic rings. The van der Waals surface area contributed by atoms with E-state index >= 15 is 0 Å². The van der Waals surface area contributed by atoms with Gasteiger partial charge in [0.05, 0.1) is 19.9 Å². The lowest BCUT2D eigenvalue weighted by Gasteiger charge is -2.09. The van der Waals surface area contributed by atoms with Gasteiger partial charge >= 0.3 is 11.8 Å². The third-order valence-electron chi connectivity index (χ3n) is 2.99. The van der Waals surface area contributed by atoms with Crippen LogP contribution in [0, 0.1) is 0 Å². The zero-order valence-corrected chi connectivity index (χ0v) is 12.6. The van der Waals surface area contributed by atoms with Crippen LogP contribution >= 0.6 is 0 Å². The smallest absolute Gasteiger partial charge is 0.329 e. The Morgan fingerprint density at radius 2 is 2.09 bits per heavy atom. The number of hydrazone groups is 1. The summed E-state index contributed by atoms with van der Waals surface area (Å²) in [4.78, 5) is 22.9. The number of rotatable bonds is 6. The summed E-state index contributed by atoms with van der Waals surface area (Å²) in [5.41, 5.74) is 2.91. The van der Waals surface area contributed by atoms with Gasteiger partial charge in [-0.1, -0.05) is 0 Å². The molecule has 1 saturated carbocycles. The van der Waals surface area contributed by atoms with Gasteiger partial charge in [0.1, 0.15) is 0 Å². The minimum atomic E-state index is -0.776. The molecule has 0 aliphatic heterocycles. The molecule has 118 valence electrons. The molecule has 1 aliphatic carbocycles. The van der Waals surface area contributed by atoms with E-state index in [1.165, 1.54) is 6.21 Å². The number of ether oxygens (including phenoxy) is 2. The SMILES string of the molecule is CCOc1cc(/C=N\NC(=O)C(=O)NC2CC2)ccc1OC. The second-order valence-corrected chi connectivity index (χ2v) is 4.79. The van der Waals surface area contributed by atoms with E-state index in [4.69, 9.17) is 9.47 Å². The molecule has 0 atom stereocenters. The molecule has 1 aromatic rings. The lowest BCUT2D eigenvalue weighted by atomic mass is 10.2. The highest BCUT2D eigenvalue weighted by molar-refractivity contribution is 6.35. The Morgan fingerprint density at radius 3 is 2.73 bits per heavy atom. The van der Waals surface area contributed by atoms with E-state index in [1.54, 1.807) is 25.3 Å². The van der Waals surface area contributed by atoms with Crippen molar-refractivity contribution in [3.8, 4) is 11.5 Å². The monoisotopic (exact) mass is 305 g/mol. The molecule has 0 heterocycles. The standard InChI is InChI=1S/C15H19N3O4/c1-3-22-13-8-10(4-7-12(13)21-2)9-16-18-15(20)14(19)17-11-5-6-11/h4,7-9,11H,3,5-6H2,1-2H3,(H,17,19)(H,18,20)/b16-9-. The van der Waals surface area contributed by atoms with Crippen LogP contribution in [0.1, 0.15) is 25.3 Å². The van der Waals surface area contributed by atoms with Gasteiger partial charge in [0.25, 0.3) is 0 Å². The number of methoxy groups -OCH3 is 1. The predicted molar refractivity (Wildman–Crippen MR) is 81.1 cm³/mol. The summed E-state index contributed by atoms with van der Waals surface area (Å²) >= 11 is 0. The molecule has 0 unspecified atom stereocenters. The van der Waals surface area contributed by atoms with Crippen LogP contribution in [0.15, 0.2) is 23.3 Å². The number of hydrogen-bond acceptors (Lipinski definition) is 5. The highest BCUT2D eigenvalue weighted by Gasteiger charge is 2.26. The normalized spacial score (nSPS) is 13.7. The molecule has 0 radical (unpaired) electrons. The van der Waals surface area contributed by atoms with Gasteiger partial charge in [0.15, 0.2) is 11.5 Å². The molecule has 0 aromatic heterocycles. The number of amides is 2. The predicted octanol–water partition coefficient (Wildman–Crippen LogP) is 0.823. The first-order valence-corrected chi connectivity index (χ1v) is 7.08. The second kappa shape index (κ2) is 7.44. The Hall–Kier alpha value is -2.57. The van der Waals surface area contributed by atoms with Crippen molar-refractivity contribution >= 4 is 18.0 Å². The Balaban J connectivity index is 1.92. The Labute approximate surface area is 128 Å². The van der Waals surface area contributed by atoms with Crippen molar-refractivity contribution in [2.75, 3.05) is 13.7 Å². The molecule has 2 rings (SSSR count). The third-order valence-corrected chi connectivity index (χ3v) is 2.99. The second-order valence-electron chi connectivity index (χ2n) is 4.79. The Morgan fingerprint density at radius 1 is 1.32 bits per heavy atom. The van der Waals surface area contributed by atoms with Crippen LogP contribution in [-0.4, -0.2) is 37.8 Å². The number of hydrogen-bond donors (Lipinski definition) is 2. The molecule has 1 fully saturated rings. The van der Waals surface area contributed by atoms with E-state index in [9.17, 15) is 9.59 Å². The minimum Gasteiger partial charge on any atom is -0.493 e. The molecular weight excluding hydrogens is 286 g/mol. The van der Waals surface area contributed by atoms with E-state index in [1.807, 2.05) is 6.92 Å². The van der Waals surface area contributed by atoms with Crippen molar-refractivity contribution < 1.29 is 19.1 Å². The molecule has 0 spiro atoms. The van der Waals surface area contributed by atoms with E-state index in [-0.39, 0.29) is 6.04 Å². The van der Waals surface area contributed by atoms with Crippen molar-refractivity contribution in [3.05, 3.63) is 23.8 Å². The summed E-state index contributed by atoms with van der Waals surface area (Å²) in [7, 11) is 1.56. The topological polar surface area (TPSA) is 89.0 Å². The number of benzene rings is 1. The fourth-order valence-corrected chi connectivity index (χ4v) is 1.74. The molecular formula is C15H19N3O4. The van der Waals surface area contributed by atoms with Crippen molar-refractivity contribution in [1.29, 1.82) is 0 Å². The number of nitrogens with one attached hydrogen (secondary N) is 2. The quantitative estimate of drug-likeness (QED) is 0.463. The lowest BCUT2D eigenvalue weighted by Crippen LogP contribution is -2.38. The average Bonchev–Trinajstić information content (AvgIpc) is 3.31. The van der Waals surface area contributed by atoms with Gasteiger partial charge < -0.3 is 14.8 Å². The Bertz CT molecular complexity index is 582. The highest BCUT2D eigenvalue weighted by atomic mass is 16.5. The van der Waals surface area contributed by atoms with E-state index < -0.39 is 11.8 Å². The fraction of sp³-hybridized carbons (Fsp3) is 0.400. The van der Waals surface area contributed by atoms with Crippen molar-refractivity contribution in [2.24, 2.45) is 5.10 Å². The number of carbonyl (C=O) groups excluding carboxylic acids is 2. The minimum absolute atomic E-state index is 0.137. The van der Waals surface area contributed by atoms with Crippen LogP contribution in [0.5, 0.6) is 11.5 Å². The zero-order valence-electron chi connectivity index (χ0n) is 12.6. The van der Waals surface area contributed by atoms with Crippen LogP contribution in [-0.2, 0) is 9.59 Å². The van der Waals surface area contributed by atoms with Crippen LogP contribution in [0.25, 0.3) is 0 Å². The first-order chi connectivity index (χ1) is 10.6. The maximum Gasteiger partial charge on any atom is 0.329 e. The molecule has 2 amide bonds. The van der Waals surface area contributed by atoms with Gasteiger partial charge in [0, 0.05) is 6.04 Å². The summed E-state index contributed by atoms with van der Waals surface area (Å²) < 4.78 is 10.6. The summed E-state index contributed by atoms with van der Waals surface area (Å²) in [6.45, 7) is 2.38. The molecule has 0 saturated heterocycles. The highest BCUT2D eigenvalue weighted by Crippen LogP contribution is 2.27. The molecule has 7 nitrogen and oxygen atoms in total.